The average molecular weight is 130 g/mol. The van der Waals surface area contributed by atoms with Crippen LogP contribution < -0.4 is 0 Å². The lowest BCUT2D eigenvalue weighted by atomic mass is 10.2. The molecule has 0 spiro atoms. The van der Waals surface area contributed by atoms with Crippen molar-refractivity contribution in [2.24, 2.45) is 0 Å². The second kappa shape index (κ2) is 4.69. The van der Waals surface area contributed by atoms with Crippen LogP contribution in [0.5, 0.6) is 0 Å². The molecule has 46 valence electrons. The van der Waals surface area contributed by atoms with Gasteiger partial charge in [0.25, 0.3) is 12.5 Å². The summed E-state index contributed by atoms with van der Waals surface area (Å²) in [6.07, 6.45) is 2.12. The predicted octanol–water partition coefficient (Wildman–Crippen LogP) is -0.132. The first-order chi connectivity index (χ1) is 4.35. The number of hydrogen-bond donors (Lipinski definition) is 0. The smallest absolute Gasteiger partial charge is 0.429 e. The summed E-state index contributed by atoms with van der Waals surface area (Å²) in [6, 6.07) is 0. The Hall–Kier alpha value is -1.47. The van der Waals surface area contributed by atoms with Gasteiger partial charge in [-0.3, -0.25) is 0 Å². The van der Waals surface area contributed by atoms with Gasteiger partial charge >= 0.3 is 7.32 Å². The summed E-state index contributed by atoms with van der Waals surface area (Å²) in [5.41, 5.74) is 0. The highest BCUT2D eigenvalue weighted by molar-refractivity contribution is 6.36. The second-order valence-electron chi connectivity index (χ2n) is 0.796. The molecule has 0 saturated carbocycles. The molecule has 0 amide bonds. The Morgan fingerprint density at radius 3 is 1.89 bits per heavy atom. The third-order valence-corrected chi connectivity index (χ3v) is 0.371. The summed E-state index contributed by atoms with van der Waals surface area (Å²) in [5.74, 6) is 0. The molecule has 7 heteroatoms. The van der Waals surface area contributed by atoms with Gasteiger partial charge in [-0.2, -0.15) is 15.4 Å². The molecule has 0 N–H and O–H groups in total. The van der Waals surface area contributed by atoms with Crippen LogP contribution in [-0.4, -0.2) is 7.32 Å². The Bertz CT molecular complexity index is 135. The van der Waals surface area contributed by atoms with Crippen LogP contribution in [-0.2, 0) is 14.2 Å². The maximum absolute atomic E-state index is 11.0. The quantitative estimate of drug-likeness (QED) is 0.392. The second-order valence-corrected chi connectivity index (χ2v) is 0.796. The summed E-state index contributed by atoms with van der Waals surface area (Å²) in [4.78, 5) is 2.84. The van der Waals surface area contributed by atoms with Gasteiger partial charge in [0.15, 0.2) is 0 Å². The van der Waals surface area contributed by atoms with Gasteiger partial charge in [0, 0.05) is 0 Å². The minimum absolute atomic E-state index is 1.06. The molecule has 9 heavy (non-hydrogen) atoms. The molecule has 0 aliphatic heterocycles. The van der Waals surface area contributed by atoms with Gasteiger partial charge in [0.05, 0.1) is 0 Å². The van der Waals surface area contributed by atoms with E-state index in [1.807, 2.05) is 0 Å². The summed E-state index contributed by atoms with van der Waals surface area (Å²) >= 11 is 0. The van der Waals surface area contributed by atoms with Crippen molar-refractivity contribution < 1.29 is 18.7 Å². The minimum atomic E-state index is -1.88. The lowest BCUT2D eigenvalue weighted by Crippen LogP contribution is -2.19. The minimum Gasteiger partial charge on any atom is -0.429 e. The fourth-order valence-electron chi connectivity index (χ4n) is 0.146. The number of nitriles is 2. The van der Waals surface area contributed by atoms with E-state index in [0.29, 0.717) is 0 Å². The van der Waals surface area contributed by atoms with Crippen LogP contribution in [0.1, 0.15) is 0 Å². The summed E-state index contributed by atoms with van der Waals surface area (Å²) in [6.45, 7) is 0. The lowest BCUT2D eigenvalue weighted by molar-refractivity contribution is -0.0565. The number of hydrogen-bond acceptors (Lipinski definition) is 5. The summed E-state index contributed by atoms with van der Waals surface area (Å²) in [7, 11) is -1.88. The third-order valence-electron chi connectivity index (χ3n) is 0.371. The Labute approximate surface area is 50.2 Å². The van der Waals surface area contributed by atoms with Gasteiger partial charge in [-0.05, 0) is 0 Å². The number of rotatable bonds is 3. The summed E-state index contributed by atoms with van der Waals surface area (Å²) < 4.78 is 18.4. The average Bonchev–Trinajstić information content (AvgIpc) is 1.88. The molecule has 0 aliphatic rings. The van der Waals surface area contributed by atoms with Crippen molar-refractivity contribution in [1.82, 2.24) is 0 Å². The van der Waals surface area contributed by atoms with Crippen LogP contribution in [0.4, 0.5) is 4.53 Å². The Kier molecular flexibility index (Phi) is 3.92. The summed E-state index contributed by atoms with van der Waals surface area (Å²) in [5, 5.41) is 15.4. The molecule has 0 radical (unpaired) electrons. The highest BCUT2D eigenvalue weighted by atomic mass is 19.3. The molecule has 0 aromatic rings. The van der Waals surface area contributed by atoms with Crippen molar-refractivity contribution in [3.63, 3.8) is 0 Å². The maximum Gasteiger partial charge on any atom is 0.841 e. The molecule has 0 fully saturated rings. The first-order valence-electron chi connectivity index (χ1n) is 1.72. The molecule has 0 aromatic heterocycles. The third kappa shape index (κ3) is 3.15. The first kappa shape index (κ1) is 7.53. The van der Waals surface area contributed by atoms with Crippen molar-refractivity contribution in [3.8, 4) is 12.5 Å². The number of nitrogens with zero attached hydrogens (tertiary/aromatic N) is 2. The zero-order valence-electron chi connectivity index (χ0n) is 4.07. The molecule has 0 atom stereocenters. The Balaban J connectivity index is 3.47. The monoisotopic (exact) mass is 130 g/mol. The molecule has 0 rings (SSSR count). The van der Waals surface area contributed by atoms with Gasteiger partial charge < -0.3 is 9.31 Å². The molecule has 0 aromatic carbocycles. The Morgan fingerprint density at radius 1 is 1.22 bits per heavy atom. The van der Waals surface area contributed by atoms with E-state index in [9.17, 15) is 4.53 Å². The van der Waals surface area contributed by atoms with Gasteiger partial charge in [-0.15, -0.1) is 0 Å². The van der Waals surface area contributed by atoms with Gasteiger partial charge in [-0.25, -0.2) is 0 Å². The fourth-order valence-corrected chi connectivity index (χ4v) is 0.146. The molecular weight excluding hydrogens is 130 g/mol. The van der Waals surface area contributed by atoms with Crippen LogP contribution >= 0.6 is 0 Å². The van der Waals surface area contributed by atoms with E-state index in [1.54, 1.807) is 0 Å². The fraction of sp³-hybridized carbons (Fsp3) is 0. The predicted molar refractivity (Wildman–Crippen MR) is 21.3 cm³/mol. The van der Waals surface area contributed by atoms with Crippen molar-refractivity contribution >= 4 is 7.32 Å². The number of halogens is 1. The molecule has 0 heterocycles. The molecule has 0 saturated heterocycles. The van der Waals surface area contributed by atoms with Gasteiger partial charge in [0.1, 0.15) is 0 Å². The van der Waals surface area contributed by atoms with E-state index >= 15 is 0 Å². The SMILES string of the molecule is N#COB(OF)OC#N. The van der Waals surface area contributed by atoms with Crippen LogP contribution in [0.3, 0.4) is 0 Å². The van der Waals surface area contributed by atoms with Crippen LogP contribution in [0, 0.1) is 23.0 Å². The van der Waals surface area contributed by atoms with Crippen molar-refractivity contribution in [1.29, 1.82) is 10.5 Å². The molecule has 5 nitrogen and oxygen atoms in total. The van der Waals surface area contributed by atoms with Crippen molar-refractivity contribution in [2.45, 2.75) is 0 Å². The van der Waals surface area contributed by atoms with Crippen molar-refractivity contribution in [2.75, 3.05) is 0 Å². The molecular formula is C2BFN2O3. The Morgan fingerprint density at radius 2 is 1.67 bits per heavy atom. The highest BCUT2D eigenvalue weighted by Crippen LogP contribution is 1.88. The zero-order valence-corrected chi connectivity index (χ0v) is 4.07. The molecule has 0 bridgehead atoms. The van der Waals surface area contributed by atoms with E-state index in [-0.39, 0.29) is 0 Å². The van der Waals surface area contributed by atoms with E-state index in [2.05, 4.69) is 14.2 Å². The van der Waals surface area contributed by atoms with Crippen molar-refractivity contribution in [3.05, 3.63) is 0 Å². The topological polar surface area (TPSA) is 75.3 Å². The zero-order chi connectivity index (χ0) is 7.11. The normalized spacial score (nSPS) is 6.56. The first-order valence-corrected chi connectivity index (χ1v) is 1.72. The van der Waals surface area contributed by atoms with Crippen LogP contribution in [0.25, 0.3) is 0 Å². The van der Waals surface area contributed by atoms with E-state index in [0.717, 1.165) is 12.5 Å². The van der Waals surface area contributed by atoms with E-state index < -0.39 is 7.32 Å². The highest BCUT2D eigenvalue weighted by Gasteiger charge is 2.27. The van der Waals surface area contributed by atoms with E-state index in [1.165, 1.54) is 0 Å². The lowest BCUT2D eigenvalue weighted by Gasteiger charge is -1.94. The maximum atomic E-state index is 11.0. The van der Waals surface area contributed by atoms with Gasteiger partial charge in [0.2, 0.25) is 0 Å². The van der Waals surface area contributed by atoms with Crippen LogP contribution in [0.2, 0.25) is 0 Å². The standard InChI is InChI=1S/C2BFN2O3/c4-9-3(7-1-5)8-2-6. The van der Waals surface area contributed by atoms with Gasteiger partial charge in [-0.1, -0.05) is 4.53 Å². The van der Waals surface area contributed by atoms with Crippen LogP contribution in [0.15, 0.2) is 0 Å². The molecule has 0 unspecified atom stereocenters. The largest absolute Gasteiger partial charge is 0.841 e. The molecule has 0 aliphatic carbocycles. The van der Waals surface area contributed by atoms with E-state index in [4.69, 9.17) is 10.5 Å².